The van der Waals surface area contributed by atoms with E-state index in [-0.39, 0.29) is 5.78 Å². The van der Waals surface area contributed by atoms with Crippen molar-refractivity contribution in [3.63, 3.8) is 0 Å². The number of hydrogen-bond acceptors (Lipinski definition) is 1. The molecule has 1 heterocycles. The number of Topliss-reactive ketones (excluding diaryl/α,β-unsaturated/α-hetero) is 1. The lowest BCUT2D eigenvalue weighted by Crippen LogP contribution is -2.14. The number of nitrogens with zero attached hydrogens (tertiary/aromatic N) is 1. The van der Waals surface area contributed by atoms with Crippen molar-refractivity contribution in [2.24, 2.45) is 11.8 Å². The van der Waals surface area contributed by atoms with Gasteiger partial charge in [-0.3, -0.25) is 4.79 Å². The number of benzene rings is 1. The molecule has 1 aromatic carbocycles. The summed E-state index contributed by atoms with van der Waals surface area (Å²) in [5, 5.41) is 0.726. The van der Waals surface area contributed by atoms with Gasteiger partial charge in [-0.15, -0.1) is 0 Å². The third-order valence-corrected chi connectivity index (χ3v) is 5.98. The fourth-order valence-electron chi connectivity index (χ4n) is 4.12. The number of rotatable bonds is 5. The van der Waals surface area contributed by atoms with Crippen LogP contribution < -0.4 is 0 Å². The number of aryl methyl sites for hydroxylation is 1. The Hall–Kier alpha value is -1.54. The van der Waals surface area contributed by atoms with Crippen LogP contribution in [0.5, 0.6) is 0 Å². The van der Waals surface area contributed by atoms with Gasteiger partial charge in [-0.05, 0) is 62.4 Å². The Morgan fingerprint density at radius 2 is 1.76 bits per heavy atom. The summed E-state index contributed by atoms with van der Waals surface area (Å²) in [6, 6.07) is 9.82. The Balaban J connectivity index is 1.71. The number of ketones is 1. The maximum atomic E-state index is 12.8. The van der Waals surface area contributed by atoms with E-state index in [0.29, 0.717) is 6.42 Å². The molecule has 134 valence electrons. The maximum Gasteiger partial charge on any atom is 0.164 e. The summed E-state index contributed by atoms with van der Waals surface area (Å²) < 4.78 is 2.14. The van der Waals surface area contributed by atoms with E-state index in [1.807, 2.05) is 37.3 Å². The lowest BCUT2D eigenvalue weighted by atomic mass is 9.80. The minimum absolute atomic E-state index is 0.284. The van der Waals surface area contributed by atoms with Crippen LogP contribution in [0.15, 0.2) is 30.3 Å². The van der Waals surface area contributed by atoms with Crippen LogP contribution in [-0.2, 0) is 0 Å². The zero-order valence-electron chi connectivity index (χ0n) is 15.5. The second-order valence-electron chi connectivity index (χ2n) is 7.68. The van der Waals surface area contributed by atoms with E-state index in [1.54, 1.807) is 0 Å². The fourth-order valence-corrected chi connectivity index (χ4v) is 4.25. The highest BCUT2D eigenvalue weighted by Crippen LogP contribution is 2.32. The van der Waals surface area contributed by atoms with Crippen molar-refractivity contribution in [3.8, 4) is 5.69 Å². The van der Waals surface area contributed by atoms with Gasteiger partial charge in [0.15, 0.2) is 5.78 Å². The molecular weight excluding hydrogens is 330 g/mol. The van der Waals surface area contributed by atoms with Crippen LogP contribution in [0.1, 0.15) is 67.2 Å². The van der Waals surface area contributed by atoms with E-state index in [9.17, 15) is 4.79 Å². The molecule has 3 rings (SSSR count). The van der Waals surface area contributed by atoms with E-state index in [0.717, 1.165) is 45.9 Å². The van der Waals surface area contributed by atoms with Crippen molar-refractivity contribution in [2.75, 3.05) is 0 Å². The van der Waals surface area contributed by atoms with E-state index < -0.39 is 0 Å². The second-order valence-corrected chi connectivity index (χ2v) is 8.12. The van der Waals surface area contributed by atoms with E-state index in [2.05, 4.69) is 18.4 Å². The quantitative estimate of drug-likeness (QED) is 0.557. The first kappa shape index (κ1) is 18.3. The summed E-state index contributed by atoms with van der Waals surface area (Å²) in [6.45, 7) is 6.44. The van der Waals surface area contributed by atoms with Crippen LogP contribution in [0, 0.1) is 25.7 Å². The molecule has 0 atom stereocenters. The summed E-state index contributed by atoms with van der Waals surface area (Å²) >= 11 is 5.99. The Morgan fingerprint density at radius 3 is 2.40 bits per heavy atom. The zero-order chi connectivity index (χ0) is 18.0. The monoisotopic (exact) mass is 357 g/mol. The van der Waals surface area contributed by atoms with Gasteiger partial charge in [0.1, 0.15) is 0 Å². The lowest BCUT2D eigenvalue weighted by molar-refractivity contribution is 0.0968. The number of halogens is 1. The highest BCUT2D eigenvalue weighted by molar-refractivity contribution is 6.30. The number of aromatic nitrogens is 1. The number of hydrogen-bond donors (Lipinski definition) is 0. The summed E-state index contributed by atoms with van der Waals surface area (Å²) in [7, 11) is 0. The minimum atomic E-state index is 0.284. The molecule has 2 nitrogen and oxygen atoms in total. The van der Waals surface area contributed by atoms with Crippen LogP contribution >= 0.6 is 11.6 Å². The lowest BCUT2D eigenvalue weighted by Gasteiger charge is -2.25. The summed E-state index contributed by atoms with van der Waals surface area (Å²) in [6.07, 6.45) is 6.94. The Labute approximate surface area is 156 Å². The van der Waals surface area contributed by atoms with Gasteiger partial charge in [-0.1, -0.05) is 44.2 Å². The van der Waals surface area contributed by atoms with Crippen molar-refractivity contribution in [1.29, 1.82) is 0 Å². The molecule has 1 aromatic heterocycles. The highest BCUT2D eigenvalue weighted by atomic mass is 35.5. The molecule has 0 unspecified atom stereocenters. The highest BCUT2D eigenvalue weighted by Gasteiger charge is 2.21. The van der Waals surface area contributed by atoms with Gasteiger partial charge in [-0.2, -0.15) is 0 Å². The normalized spacial score (nSPS) is 20.6. The standard InChI is InChI=1S/C22H28ClNO/c1-15-4-6-18(7-5-15)8-13-22(25)21-14-16(2)24(17(21)3)20-11-9-19(23)10-12-20/h9-12,14-15,18H,4-8,13H2,1-3H3. The van der Waals surface area contributed by atoms with Gasteiger partial charge in [-0.25, -0.2) is 0 Å². The third-order valence-electron chi connectivity index (χ3n) is 5.73. The van der Waals surface area contributed by atoms with Crippen molar-refractivity contribution in [3.05, 3.63) is 52.3 Å². The number of carbonyl (C=O) groups excluding carboxylic acids is 1. The molecule has 2 aromatic rings. The van der Waals surface area contributed by atoms with Crippen LogP contribution in [0.2, 0.25) is 5.02 Å². The summed E-state index contributed by atoms with van der Waals surface area (Å²) in [5.41, 5.74) is 4.05. The van der Waals surface area contributed by atoms with Crippen molar-refractivity contribution in [1.82, 2.24) is 4.57 Å². The van der Waals surface area contributed by atoms with Crippen LogP contribution in [-0.4, -0.2) is 10.4 Å². The minimum Gasteiger partial charge on any atom is -0.318 e. The molecule has 1 saturated carbocycles. The molecule has 0 saturated heterocycles. The molecular formula is C22H28ClNO. The van der Waals surface area contributed by atoms with Crippen LogP contribution in [0.4, 0.5) is 0 Å². The summed E-state index contributed by atoms with van der Waals surface area (Å²) in [5.74, 6) is 1.89. The Bertz CT molecular complexity index is 736. The van der Waals surface area contributed by atoms with Crippen LogP contribution in [0.25, 0.3) is 5.69 Å². The van der Waals surface area contributed by atoms with Crippen molar-refractivity contribution >= 4 is 17.4 Å². The van der Waals surface area contributed by atoms with Crippen molar-refractivity contribution < 1.29 is 4.79 Å². The van der Waals surface area contributed by atoms with Gasteiger partial charge < -0.3 is 4.57 Å². The molecule has 0 radical (unpaired) electrons. The third kappa shape index (κ3) is 4.17. The molecule has 0 N–H and O–H groups in total. The molecule has 0 bridgehead atoms. The van der Waals surface area contributed by atoms with Gasteiger partial charge in [0.25, 0.3) is 0 Å². The SMILES string of the molecule is Cc1cc(C(=O)CCC2CCC(C)CC2)c(C)n1-c1ccc(Cl)cc1. The average Bonchev–Trinajstić information content (AvgIpc) is 2.90. The molecule has 0 aliphatic heterocycles. The van der Waals surface area contributed by atoms with Gasteiger partial charge in [0, 0.05) is 34.1 Å². The molecule has 3 heteroatoms. The first-order chi connectivity index (χ1) is 12.0. The molecule has 1 fully saturated rings. The number of carbonyl (C=O) groups is 1. The molecule has 1 aliphatic carbocycles. The van der Waals surface area contributed by atoms with Gasteiger partial charge >= 0.3 is 0 Å². The van der Waals surface area contributed by atoms with Crippen LogP contribution in [0.3, 0.4) is 0 Å². The first-order valence-electron chi connectivity index (χ1n) is 9.43. The van der Waals surface area contributed by atoms with Gasteiger partial charge in [0.2, 0.25) is 0 Å². The Kier molecular flexibility index (Phi) is 5.68. The zero-order valence-corrected chi connectivity index (χ0v) is 16.3. The van der Waals surface area contributed by atoms with E-state index in [1.165, 1.54) is 25.7 Å². The molecule has 25 heavy (non-hydrogen) atoms. The smallest absolute Gasteiger partial charge is 0.164 e. The fraction of sp³-hybridized carbons (Fsp3) is 0.500. The molecule has 0 amide bonds. The maximum absolute atomic E-state index is 12.8. The topological polar surface area (TPSA) is 22.0 Å². The van der Waals surface area contributed by atoms with E-state index >= 15 is 0 Å². The molecule has 1 aliphatic rings. The van der Waals surface area contributed by atoms with E-state index in [4.69, 9.17) is 11.6 Å². The van der Waals surface area contributed by atoms with Gasteiger partial charge in [0.05, 0.1) is 0 Å². The molecule has 0 spiro atoms. The second kappa shape index (κ2) is 7.78. The first-order valence-corrected chi connectivity index (χ1v) is 9.81. The summed E-state index contributed by atoms with van der Waals surface area (Å²) in [4.78, 5) is 12.8. The predicted molar refractivity (Wildman–Crippen MR) is 105 cm³/mol. The predicted octanol–water partition coefficient (Wildman–Crippen LogP) is 6.54. The average molecular weight is 358 g/mol. The largest absolute Gasteiger partial charge is 0.318 e. The van der Waals surface area contributed by atoms with Crippen molar-refractivity contribution in [2.45, 2.75) is 59.3 Å². The Morgan fingerprint density at radius 1 is 1.12 bits per heavy atom.